The third-order valence-corrected chi connectivity index (χ3v) is 4.36. The molecule has 1 aliphatic rings. The second-order valence-corrected chi connectivity index (χ2v) is 5.50. The third kappa shape index (κ3) is 2.05. The largest absolute Gasteiger partial charge is 0.288 e. The topological polar surface area (TPSA) is 17.1 Å². The van der Waals surface area contributed by atoms with Crippen molar-refractivity contribution in [3.05, 3.63) is 57.8 Å². The lowest BCUT2D eigenvalue weighted by Gasteiger charge is -2.25. The van der Waals surface area contributed by atoms with Crippen molar-refractivity contribution in [2.24, 2.45) is 0 Å². The summed E-state index contributed by atoms with van der Waals surface area (Å²) in [5.41, 5.74) is 2.19. The number of hydrogen-bond acceptors (Lipinski definition) is 2. The molecule has 0 spiro atoms. The molecule has 0 amide bonds. The molecule has 1 heterocycles. The number of ketones is 1. The van der Waals surface area contributed by atoms with Crippen LogP contribution >= 0.6 is 11.3 Å². The third-order valence-electron chi connectivity index (χ3n) is 3.49. The van der Waals surface area contributed by atoms with Crippen LogP contribution in [0.15, 0.2) is 41.8 Å². The first-order chi connectivity index (χ1) is 8.34. The smallest absolute Gasteiger partial charge is 0.202 e. The normalized spacial score (nSPS) is 15.5. The van der Waals surface area contributed by atoms with Gasteiger partial charge in [-0.3, -0.25) is 4.79 Å². The Morgan fingerprint density at radius 3 is 2.41 bits per heavy atom. The molecule has 0 aliphatic heterocycles. The summed E-state index contributed by atoms with van der Waals surface area (Å²) in [6.45, 7) is 0. The van der Waals surface area contributed by atoms with Gasteiger partial charge < -0.3 is 0 Å². The molecule has 1 nitrogen and oxygen atoms in total. The highest BCUT2D eigenvalue weighted by molar-refractivity contribution is 7.12. The predicted molar refractivity (Wildman–Crippen MR) is 70.8 cm³/mol. The quantitative estimate of drug-likeness (QED) is 0.735. The van der Waals surface area contributed by atoms with Crippen LogP contribution in [0.4, 0.5) is 0 Å². The minimum absolute atomic E-state index is 0.139. The average Bonchev–Trinajstić information content (AvgIpc) is 2.80. The Balaban J connectivity index is 1.82. The van der Waals surface area contributed by atoms with E-state index in [1.165, 1.54) is 36.2 Å². The van der Waals surface area contributed by atoms with E-state index in [2.05, 4.69) is 12.1 Å². The Bertz CT molecular complexity index is 506. The highest BCUT2D eigenvalue weighted by atomic mass is 32.1. The van der Waals surface area contributed by atoms with Crippen LogP contribution in [-0.2, 0) is 0 Å². The fourth-order valence-electron chi connectivity index (χ4n) is 2.20. The van der Waals surface area contributed by atoms with Crippen molar-refractivity contribution >= 4 is 17.1 Å². The van der Waals surface area contributed by atoms with Crippen LogP contribution < -0.4 is 0 Å². The van der Waals surface area contributed by atoms with Gasteiger partial charge in [0.2, 0.25) is 5.78 Å². The lowest BCUT2D eigenvalue weighted by atomic mass is 9.80. The van der Waals surface area contributed by atoms with Crippen LogP contribution in [0.3, 0.4) is 0 Å². The van der Waals surface area contributed by atoms with E-state index in [9.17, 15) is 4.79 Å². The molecular weight excluding hydrogens is 228 g/mol. The van der Waals surface area contributed by atoms with Gasteiger partial charge in [0.05, 0.1) is 4.88 Å². The minimum Gasteiger partial charge on any atom is -0.288 e. The van der Waals surface area contributed by atoms with E-state index in [0.717, 1.165) is 16.4 Å². The maximum Gasteiger partial charge on any atom is 0.202 e. The minimum atomic E-state index is 0.139. The summed E-state index contributed by atoms with van der Waals surface area (Å²) in [5, 5.41) is 1.94. The van der Waals surface area contributed by atoms with Gasteiger partial charge in [0.1, 0.15) is 0 Å². The summed E-state index contributed by atoms with van der Waals surface area (Å²) < 4.78 is 0. The Hall–Kier alpha value is -1.41. The van der Waals surface area contributed by atoms with Crippen LogP contribution in [0.5, 0.6) is 0 Å². The van der Waals surface area contributed by atoms with E-state index in [4.69, 9.17) is 0 Å². The Morgan fingerprint density at radius 2 is 1.88 bits per heavy atom. The molecule has 1 saturated carbocycles. The number of rotatable bonds is 3. The summed E-state index contributed by atoms with van der Waals surface area (Å²) in [7, 11) is 0. The second-order valence-electron chi connectivity index (χ2n) is 4.56. The maximum atomic E-state index is 12.1. The van der Waals surface area contributed by atoms with E-state index in [1.807, 2.05) is 29.6 Å². The van der Waals surface area contributed by atoms with E-state index in [0.29, 0.717) is 0 Å². The van der Waals surface area contributed by atoms with Crippen molar-refractivity contribution in [2.45, 2.75) is 25.2 Å². The van der Waals surface area contributed by atoms with Crippen molar-refractivity contribution in [1.29, 1.82) is 0 Å². The SMILES string of the molecule is O=C(c1ccc(C2CCC2)cc1)c1cccs1. The lowest BCUT2D eigenvalue weighted by Crippen LogP contribution is -2.09. The average molecular weight is 242 g/mol. The second kappa shape index (κ2) is 4.46. The number of carbonyl (C=O) groups is 1. The molecule has 0 radical (unpaired) electrons. The molecule has 0 unspecified atom stereocenters. The molecule has 2 heteroatoms. The summed E-state index contributed by atoms with van der Waals surface area (Å²) >= 11 is 1.50. The van der Waals surface area contributed by atoms with Crippen LogP contribution in [0, 0.1) is 0 Å². The van der Waals surface area contributed by atoms with Gasteiger partial charge in [-0.25, -0.2) is 0 Å². The zero-order valence-corrected chi connectivity index (χ0v) is 10.4. The summed E-state index contributed by atoms with van der Waals surface area (Å²) in [5.74, 6) is 0.876. The van der Waals surface area contributed by atoms with Crippen LogP contribution in [-0.4, -0.2) is 5.78 Å². The van der Waals surface area contributed by atoms with Gasteiger partial charge >= 0.3 is 0 Å². The first kappa shape index (κ1) is 10.7. The molecule has 0 atom stereocenters. The molecule has 1 aromatic carbocycles. The Kier molecular flexibility index (Phi) is 2.81. The van der Waals surface area contributed by atoms with Gasteiger partial charge in [-0.1, -0.05) is 36.8 Å². The maximum absolute atomic E-state index is 12.1. The van der Waals surface area contributed by atoms with Gasteiger partial charge in [-0.2, -0.15) is 0 Å². The van der Waals surface area contributed by atoms with Crippen molar-refractivity contribution in [1.82, 2.24) is 0 Å². The fraction of sp³-hybridized carbons (Fsp3) is 0.267. The van der Waals surface area contributed by atoms with E-state index in [1.54, 1.807) is 0 Å². The lowest BCUT2D eigenvalue weighted by molar-refractivity contribution is 0.104. The van der Waals surface area contributed by atoms with Gasteiger partial charge in [0, 0.05) is 5.56 Å². The van der Waals surface area contributed by atoms with E-state index >= 15 is 0 Å². The number of thiophene rings is 1. The first-order valence-corrected chi connectivity index (χ1v) is 6.91. The number of carbonyl (C=O) groups excluding carboxylic acids is 1. The first-order valence-electron chi connectivity index (χ1n) is 6.03. The van der Waals surface area contributed by atoms with Gasteiger partial charge in [0.15, 0.2) is 0 Å². The fourth-order valence-corrected chi connectivity index (χ4v) is 2.88. The van der Waals surface area contributed by atoms with Crippen LogP contribution in [0.2, 0.25) is 0 Å². The molecule has 1 fully saturated rings. The summed E-state index contributed by atoms with van der Waals surface area (Å²) in [6.07, 6.45) is 3.96. The zero-order chi connectivity index (χ0) is 11.7. The summed E-state index contributed by atoms with van der Waals surface area (Å²) in [6, 6.07) is 12.0. The predicted octanol–water partition coefficient (Wildman–Crippen LogP) is 4.25. The standard InChI is InChI=1S/C15H14OS/c16-15(14-5-2-10-17-14)13-8-6-12(7-9-13)11-3-1-4-11/h2,5-11H,1,3-4H2. The van der Waals surface area contributed by atoms with Crippen molar-refractivity contribution in [3.63, 3.8) is 0 Å². The molecule has 2 aromatic rings. The monoisotopic (exact) mass is 242 g/mol. The molecule has 0 bridgehead atoms. The molecule has 1 aliphatic carbocycles. The number of benzene rings is 1. The highest BCUT2D eigenvalue weighted by Gasteiger charge is 2.19. The van der Waals surface area contributed by atoms with Crippen LogP contribution in [0.1, 0.15) is 46.0 Å². The molecular formula is C15H14OS. The van der Waals surface area contributed by atoms with Crippen molar-refractivity contribution < 1.29 is 4.79 Å². The van der Waals surface area contributed by atoms with Gasteiger partial charge in [-0.05, 0) is 35.8 Å². The molecule has 1 aromatic heterocycles. The van der Waals surface area contributed by atoms with Crippen molar-refractivity contribution in [3.8, 4) is 0 Å². The van der Waals surface area contributed by atoms with Crippen molar-refractivity contribution in [2.75, 3.05) is 0 Å². The Morgan fingerprint density at radius 1 is 1.12 bits per heavy atom. The molecule has 3 rings (SSSR count). The molecule has 86 valence electrons. The summed E-state index contributed by atoms with van der Waals surface area (Å²) in [4.78, 5) is 12.9. The van der Waals surface area contributed by atoms with E-state index < -0.39 is 0 Å². The van der Waals surface area contributed by atoms with Crippen LogP contribution in [0.25, 0.3) is 0 Å². The van der Waals surface area contributed by atoms with E-state index in [-0.39, 0.29) is 5.78 Å². The number of hydrogen-bond donors (Lipinski definition) is 0. The highest BCUT2D eigenvalue weighted by Crippen LogP contribution is 2.36. The van der Waals surface area contributed by atoms with Gasteiger partial charge in [-0.15, -0.1) is 11.3 Å². The Labute approximate surface area is 105 Å². The van der Waals surface area contributed by atoms with Gasteiger partial charge in [0.25, 0.3) is 0 Å². The molecule has 0 saturated heterocycles. The zero-order valence-electron chi connectivity index (χ0n) is 9.56. The molecule has 17 heavy (non-hydrogen) atoms. The molecule has 0 N–H and O–H groups in total.